The van der Waals surface area contributed by atoms with Gasteiger partial charge < -0.3 is 15.4 Å². The van der Waals surface area contributed by atoms with E-state index >= 15 is 0 Å². The Morgan fingerprint density at radius 2 is 1.84 bits per heavy atom. The average molecular weight is 270 g/mol. The first-order chi connectivity index (χ1) is 8.78. The average Bonchev–Trinajstić information content (AvgIpc) is 2.76. The SMILES string of the molecule is C[C@@H](CNC(=O)C1CCCC1)NC(=O)OC(C)(C)C. The van der Waals surface area contributed by atoms with Crippen LogP contribution in [0, 0.1) is 5.92 Å². The van der Waals surface area contributed by atoms with Crippen LogP contribution in [0.2, 0.25) is 0 Å². The fraction of sp³-hybridized carbons (Fsp3) is 0.857. The second-order valence-corrected chi connectivity index (χ2v) is 6.27. The van der Waals surface area contributed by atoms with Crippen molar-refractivity contribution < 1.29 is 14.3 Å². The van der Waals surface area contributed by atoms with Gasteiger partial charge in [0, 0.05) is 18.5 Å². The number of carbonyl (C=O) groups excluding carboxylic acids is 2. The van der Waals surface area contributed by atoms with E-state index in [0.717, 1.165) is 25.7 Å². The van der Waals surface area contributed by atoms with E-state index in [9.17, 15) is 9.59 Å². The Labute approximate surface area is 115 Å². The Balaban J connectivity index is 2.21. The first-order valence-electron chi connectivity index (χ1n) is 7.05. The maximum absolute atomic E-state index is 11.8. The number of carbonyl (C=O) groups is 2. The zero-order valence-electron chi connectivity index (χ0n) is 12.4. The number of amides is 2. The fourth-order valence-corrected chi connectivity index (χ4v) is 2.15. The molecule has 1 atom stereocenters. The van der Waals surface area contributed by atoms with Gasteiger partial charge in [-0.25, -0.2) is 4.79 Å². The van der Waals surface area contributed by atoms with Crippen LogP contribution in [0.25, 0.3) is 0 Å². The van der Waals surface area contributed by atoms with Gasteiger partial charge in [-0.1, -0.05) is 12.8 Å². The zero-order valence-corrected chi connectivity index (χ0v) is 12.4. The van der Waals surface area contributed by atoms with E-state index in [1.54, 1.807) is 0 Å². The number of ether oxygens (including phenoxy) is 1. The van der Waals surface area contributed by atoms with Crippen LogP contribution in [0.1, 0.15) is 53.4 Å². The summed E-state index contributed by atoms with van der Waals surface area (Å²) in [5.41, 5.74) is -0.503. The van der Waals surface area contributed by atoms with Gasteiger partial charge in [0.15, 0.2) is 0 Å². The van der Waals surface area contributed by atoms with Crippen LogP contribution in [-0.4, -0.2) is 30.2 Å². The van der Waals surface area contributed by atoms with Crippen molar-refractivity contribution in [1.82, 2.24) is 10.6 Å². The highest BCUT2D eigenvalue weighted by atomic mass is 16.6. The lowest BCUT2D eigenvalue weighted by atomic mass is 10.1. The molecule has 0 saturated heterocycles. The van der Waals surface area contributed by atoms with Crippen LogP contribution >= 0.6 is 0 Å². The summed E-state index contributed by atoms with van der Waals surface area (Å²) < 4.78 is 5.15. The predicted octanol–water partition coefficient (Wildman–Crippen LogP) is 2.21. The molecule has 1 aliphatic carbocycles. The minimum atomic E-state index is -0.503. The molecular formula is C14H26N2O3. The molecule has 2 amide bonds. The third-order valence-electron chi connectivity index (χ3n) is 3.07. The molecule has 0 aliphatic heterocycles. The van der Waals surface area contributed by atoms with Gasteiger partial charge in [-0.3, -0.25) is 4.79 Å². The van der Waals surface area contributed by atoms with Gasteiger partial charge in [0.05, 0.1) is 0 Å². The van der Waals surface area contributed by atoms with Crippen molar-refractivity contribution in [2.75, 3.05) is 6.54 Å². The number of hydrogen-bond acceptors (Lipinski definition) is 3. The normalized spacial score (nSPS) is 17.9. The lowest BCUT2D eigenvalue weighted by molar-refractivity contribution is -0.124. The van der Waals surface area contributed by atoms with E-state index in [0.29, 0.717) is 6.54 Å². The molecule has 1 fully saturated rings. The van der Waals surface area contributed by atoms with Crippen molar-refractivity contribution in [3.05, 3.63) is 0 Å². The molecule has 5 heteroatoms. The third kappa shape index (κ3) is 6.45. The second kappa shape index (κ2) is 6.78. The molecule has 1 rings (SSSR count). The highest BCUT2D eigenvalue weighted by molar-refractivity contribution is 5.79. The summed E-state index contributed by atoms with van der Waals surface area (Å²) in [5.74, 6) is 0.268. The van der Waals surface area contributed by atoms with Gasteiger partial charge >= 0.3 is 6.09 Å². The molecule has 2 N–H and O–H groups in total. The molecular weight excluding hydrogens is 244 g/mol. The molecule has 1 aliphatic rings. The van der Waals surface area contributed by atoms with E-state index in [2.05, 4.69) is 10.6 Å². The number of hydrogen-bond donors (Lipinski definition) is 2. The predicted molar refractivity (Wildman–Crippen MR) is 73.8 cm³/mol. The molecule has 0 bridgehead atoms. The summed E-state index contributed by atoms with van der Waals surface area (Å²) >= 11 is 0. The summed E-state index contributed by atoms with van der Waals surface area (Å²) in [5, 5.41) is 5.59. The van der Waals surface area contributed by atoms with Crippen molar-refractivity contribution in [3.63, 3.8) is 0 Å². The molecule has 1 saturated carbocycles. The Hall–Kier alpha value is -1.26. The monoisotopic (exact) mass is 270 g/mol. The first kappa shape index (κ1) is 15.8. The Kier molecular flexibility index (Phi) is 5.63. The first-order valence-corrected chi connectivity index (χ1v) is 7.05. The minimum absolute atomic E-state index is 0.107. The highest BCUT2D eigenvalue weighted by Gasteiger charge is 2.23. The van der Waals surface area contributed by atoms with Crippen molar-refractivity contribution in [2.45, 2.75) is 65.0 Å². The van der Waals surface area contributed by atoms with Crippen molar-refractivity contribution in [3.8, 4) is 0 Å². The van der Waals surface area contributed by atoms with Crippen LogP contribution in [0.4, 0.5) is 4.79 Å². The molecule has 0 aromatic carbocycles. The Morgan fingerprint density at radius 3 is 2.37 bits per heavy atom. The zero-order chi connectivity index (χ0) is 14.5. The highest BCUT2D eigenvalue weighted by Crippen LogP contribution is 2.24. The molecule has 0 radical (unpaired) electrons. The van der Waals surface area contributed by atoms with E-state index in [1.165, 1.54) is 0 Å². The lowest BCUT2D eigenvalue weighted by Gasteiger charge is -2.22. The topological polar surface area (TPSA) is 67.4 Å². The quantitative estimate of drug-likeness (QED) is 0.823. The van der Waals surface area contributed by atoms with E-state index < -0.39 is 11.7 Å². The van der Waals surface area contributed by atoms with Crippen LogP contribution in [0.3, 0.4) is 0 Å². The van der Waals surface area contributed by atoms with E-state index in [1.807, 2.05) is 27.7 Å². The molecule has 110 valence electrons. The summed E-state index contributed by atoms with van der Waals surface area (Å²) in [6.45, 7) is 7.74. The Bertz CT molecular complexity index is 317. The van der Waals surface area contributed by atoms with Crippen LogP contribution in [0.15, 0.2) is 0 Å². The van der Waals surface area contributed by atoms with Gasteiger partial charge in [-0.05, 0) is 40.5 Å². The van der Waals surface area contributed by atoms with Gasteiger partial charge in [-0.2, -0.15) is 0 Å². The van der Waals surface area contributed by atoms with E-state index in [4.69, 9.17) is 4.74 Å². The lowest BCUT2D eigenvalue weighted by Crippen LogP contribution is -2.44. The summed E-state index contributed by atoms with van der Waals surface area (Å²) in [4.78, 5) is 23.3. The van der Waals surface area contributed by atoms with Gasteiger partial charge in [0.25, 0.3) is 0 Å². The van der Waals surface area contributed by atoms with Crippen molar-refractivity contribution >= 4 is 12.0 Å². The van der Waals surface area contributed by atoms with Crippen LogP contribution in [-0.2, 0) is 9.53 Å². The molecule has 0 heterocycles. The molecule has 19 heavy (non-hydrogen) atoms. The second-order valence-electron chi connectivity index (χ2n) is 6.27. The summed E-state index contributed by atoms with van der Waals surface area (Å²) in [6, 6.07) is -0.139. The van der Waals surface area contributed by atoms with Crippen LogP contribution < -0.4 is 10.6 Å². The van der Waals surface area contributed by atoms with Crippen molar-refractivity contribution in [2.24, 2.45) is 5.92 Å². The van der Waals surface area contributed by atoms with Crippen molar-refractivity contribution in [1.29, 1.82) is 0 Å². The number of rotatable bonds is 4. The standard InChI is InChI=1S/C14H26N2O3/c1-10(16-13(18)19-14(2,3)4)9-15-12(17)11-7-5-6-8-11/h10-11H,5-9H2,1-4H3,(H,15,17)(H,16,18)/t10-/m0/s1. The molecule has 0 aromatic rings. The van der Waals surface area contributed by atoms with Gasteiger partial charge in [-0.15, -0.1) is 0 Å². The molecule has 5 nitrogen and oxygen atoms in total. The largest absolute Gasteiger partial charge is 0.444 e. The third-order valence-corrected chi connectivity index (χ3v) is 3.07. The molecule has 0 aromatic heterocycles. The summed E-state index contributed by atoms with van der Waals surface area (Å²) in [7, 11) is 0. The Morgan fingerprint density at radius 1 is 1.26 bits per heavy atom. The van der Waals surface area contributed by atoms with Crippen LogP contribution in [0.5, 0.6) is 0 Å². The smallest absolute Gasteiger partial charge is 0.407 e. The summed E-state index contributed by atoms with van der Waals surface area (Å²) in [6.07, 6.45) is 3.81. The molecule has 0 unspecified atom stereocenters. The fourth-order valence-electron chi connectivity index (χ4n) is 2.15. The van der Waals surface area contributed by atoms with Gasteiger partial charge in [0.1, 0.15) is 5.60 Å². The minimum Gasteiger partial charge on any atom is -0.444 e. The molecule has 0 spiro atoms. The number of nitrogens with one attached hydrogen (secondary N) is 2. The maximum Gasteiger partial charge on any atom is 0.407 e. The number of alkyl carbamates (subject to hydrolysis) is 1. The maximum atomic E-state index is 11.8. The van der Waals surface area contributed by atoms with Gasteiger partial charge in [0.2, 0.25) is 5.91 Å². The van der Waals surface area contributed by atoms with E-state index in [-0.39, 0.29) is 17.9 Å².